The molecule has 3 aromatic rings. The number of esters is 1. The summed E-state index contributed by atoms with van der Waals surface area (Å²) in [6.45, 7) is 13.9. The van der Waals surface area contributed by atoms with Crippen molar-refractivity contribution in [1.82, 2.24) is 0 Å². The molecule has 0 N–H and O–H groups in total. The Hall–Kier alpha value is -3.06. The number of rotatable bonds is 11. The Morgan fingerprint density at radius 2 is 1.73 bits per heavy atom. The number of ether oxygens (including phenoxy) is 3. The van der Waals surface area contributed by atoms with E-state index in [0.29, 0.717) is 33.6 Å². The first kappa shape index (κ1) is 37.3. The van der Waals surface area contributed by atoms with Gasteiger partial charge >= 0.3 is 5.97 Å². The molecule has 1 heterocycles. The lowest BCUT2D eigenvalue weighted by molar-refractivity contribution is -0.153. The standard InChI is InChI=1S/C45H57BrO6/c1-27(2)8-7-9-28(3)37-18-19-38-35-16-10-30-24-34(20-22-44(30,5)39(35)21-23-45(37,38)6)51-41(47)26-49-33-15-17-36-40(25-33)50-29(4)43(42(36)48)52-32-13-11-31(46)12-14-32/h10-15,17,25,27-28,34-35,37-39H,7-9,16,18-24,26H2,1-6H3. The number of halogens is 1. The highest BCUT2D eigenvalue weighted by Gasteiger charge is 2.59. The van der Waals surface area contributed by atoms with E-state index < -0.39 is 0 Å². The van der Waals surface area contributed by atoms with Crippen LogP contribution >= 0.6 is 15.9 Å². The number of allylic oxidation sites excluding steroid dienone is 1. The fourth-order valence-corrected chi connectivity index (χ4v) is 11.5. The molecule has 4 aliphatic rings. The number of carbonyl (C=O) groups is 1. The molecule has 0 bridgehead atoms. The minimum absolute atomic E-state index is 0.121. The smallest absolute Gasteiger partial charge is 0.344 e. The number of carbonyl (C=O) groups excluding carboxylic acids is 1. The van der Waals surface area contributed by atoms with E-state index >= 15 is 0 Å². The zero-order valence-electron chi connectivity index (χ0n) is 32.0. The molecule has 8 unspecified atom stereocenters. The maximum absolute atomic E-state index is 13.3. The molecule has 0 aliphatic heterocycles. The third-order valence-electron chi connectivity index (χ3n) is 13.9. The summed E-state index contributed by atoms with van der Waals surface area (Å²) in [7, 11) is 0. The van der Waals surface area contributed by atoms with Crippen LogP contribution < -0.4 is 14.9 Å². The van der Waals surface area contributed by atoms with Gasteiger partial charge in [0.2, 0.25) is 11.2 Å². The molecule has 0 radical (unpaired) electrons. The van der Waals surface area contributed by atoms with Crippen molar-refractivity contribution < 1.29 is 23.4 Å². The number of benzene rings is 2. The molecule has 6 nitrogen and oxygen atoms in total. The Morgan fingerprint density at radius 3 is 2.50 bits per heavy atom. The predicted octanol–water partition coefficient (Wildman–Crippen LogP) is 12.0. The molecule has 4 aliphatic carbocycles. The van der Waals surface area contributed by atoms with Crippen molar-refractivity contribution in [3.8, 4) is 17.2 Å². The average molecular weight is 774 g/mol. The van der Waals surface area contributed by atoms with Crippen LogP contribution in [0.2, 0.25) is 0 Å². The summed E-state index contributed by atoms with van der Waals surface area (Å²) in [5.74, 6) is 5.98. The van der Waals surface area contributed by atoms with Gasteiger partial charge in [0.05, 0.1) is 5.39 Å². The summed E-state index contributed by atoms with van der Waals surface area (Å²) in [4.78, 5) is 26.3. The molecule has 3 saturated carbocycles. The molecular weight excluding hydrogens is 716 g/mol. The molecule has 280 valence electrons. The van der Waals surface area contributed by atoms with Crippen molar-refractivity contribution in [2.75, 3.05) is 6.61 Å². The lowest BCUT2D eigenvalue weighted by Gasteiger charge is -2.58. The van der Waals surface area contributed by atoms with Crippen LogP contribution in [0.1, 0.15) is 111 Å². The summed E-state index contributed by atoms with van der Waals surface area (Å²) in [6, 6.07) is 12.2. The SMILES string of the molecule is Cc1oc2cc(OCC(=O)OC3CCC4(C)C(=CCC5C4CCC4(C)C(C(C)CCCC(C)C)CCC54)C3)ccc2c(=O)c1Oc1ccc(Br)cc1. The first-order valence-electron chi connectivity index (χ1n) is 19.9. The van der Waals surface area contributed by atoms with E-state index in [2.05, 4.69) is 56.6 Å². The van der Waals surface area contributed by atoms with Crippen LogP contribution in [0.25, 0.3) is 11.0 Å². The third-order valence-corrected chi connectivity index (χ3v) is 14.5. The molecule has 8 atom stereocenters. The van der Waals surface area contributed by atoms with E-state index in [-0.39, 0.29) is 35.3 Å². The van der Waals surface area contributed by atoms with Crippen LogP contribution in [0.3, 0.4) is 0 Å². The number of hydrogen-bond donors (Lipinski definition) is 0. The van der Waals surface area contributed by atoms with E-state index in [1.165, 1.54) is 56.9 Å². The summed E-state index contributed by atoms with van der Waals surface area (Å²) in [6.07, 6.45) is 16.1. The highest BCUT2D eigenvalue weighted by molar-refractivity contribution is 9.10. The second-order valence-corrected chi connectivity index (χ2v) is 18.4. The lowest BCUT2D eigenvalue weighted by atomic mass is 9.47. The molecular formula is C45H57BrO6. The Morgan fingerprint density at radius 1 is 0.962 bits per heavy atom. The van der Waals surface area contributed by atoms with E-state index in [1.807, 2.05) is 12.1 Å². The molecule has 2 aromatic carbocycles. The Bertz CT molecular complexity index is 1860. The topological polar surface area (TPSA) is 75.0 Å². The lowest BCUT2D eigenvalue weighted by Crippen LogP contribution is -2.51. The highest BCUT2D eigenvalue weighted by atomic mass is 79.9. The Balaban J connectivity index is 0.944. The number of hydrogen-bond acceptors (Lipinski definition) is 6. The summed E-state index contributed by atoms with van der Waals surface area (Å²) in [5, 5.41) is 0.378. The fourth-order valence-electron chi connectivity index (χ4n) is 11.2. The second-order valence-electron chi connectivity index (χ2n) is 17.5. The van der Waals surface area contributed by atoms with Crippen molar-refractivity contribution in [3.63, 3.8) is 0 Å². The quantitative estimate of drug-likeness (QED) is 0.143. The van der Waals surface area contributed by atoms with Crippen LogP contribution in [0.15, 0.2) is 67.8 Å². The van der Waals surface area contributed by atoms with Gasteiger partial charge in [0.1, 0.15) is 28.9 Å². The zero-order chi connectivity index (χ0) is 36.8. The van der Waals surface area contributed by atoms with Gasteiger partial charge in [-0.3, -0.25) is 4.79 Å². The van der Waals surface area contributed by atoms with Crippen molar-refractivity contribution in [1.29, 1.82) is 0 Å². The summed E-state index contributed by atoms with van der Waals surface area (Å²) < 4.78 is 24.6. The summed E-state index contributed by atoms with van der Waals surface area (Å²) >= 11 is 3.41. The molecule has 7 heteroatoms. The van der Waals surface area contributed by atoms with Gasteiger partial charge in [0.15, 0.2) is 6.61 Å². The first-order valence-corrected chi connectivity index (χ1v) is 20.7. The average Bonchev–Trinajstić information content (AvgIpc) is 3.47. The van der Waals surface area contributed by atoms with Crippen LogP contribution in [0, 0.1) is 53.3 Å². The maximum Gasteiger partial charge on any atom is 0.344 e. The second kappa shape index (κ2) is 15.0. The van der Waals surface area contributed by atoms with Crippen LogP contribution in [0.5, 0.6) is 17.2 Å². The fraction of sp³-hybridized carbons (Fsp3) is 0.600. The molecule has 0 amide bonds. The zero-order valence-corrected chi connectivity index (χ0v) is 33.6. The van der Waals surface area contributed by atoms with Gasteiger partial charge in [-0.15, -0.1) is 0 Å². The normalized spacial score (nSPS) is 30.2. The minimum atomic E-state index is -0.369. The van der Waals surface area contributed by atoms with Gasteiger partial charge in [-0.2, -0.15) is 0 Å². The first-order chi connectivity index (χ1) is 24.9. The minimum Gasteiger partial charge on any atom is -0.482 e. The van der Waals surface area contributed by atoms with E-state index in [9.17, 15) is 9.59 Å². The molecule has 1 aromatic heterocycles. The van der Waals surface area contributed by atoms with Gasteiger partial charge in [0, 0.05) is 17.0 Å². The van der Waals surface area contributed by atoms with Gasteiger partial charge < -0.3 is 18.6 Å². The third kappa shape index (κ3) is 7.24. The van der Waals surface area contributed by atoms with Crippen molar-refractivity contribution in [3.05, 3.63) is 74.6 Å². The largest absolute Gasteiger partial charge is 0.482 e. The van der Waals surface area contributed by atoms with Crippen LogP contribution in [0.4, 0.5) is 0 Å². The molecule has 52 heavy (non-hydrogen) atoms. The Labute approximate surface area is 318 Å². The monoisotopic (exact) mass is 772 g/mol. The molecule has 0 spiro atoms. The molecule has 7 rings (SSSR count). The summed E-state index contributed by atoms with van der Waals surface area (Å²) in [5.41, 5.74) is 2.32. The number of fused-ring (bicyclic) bond motifs is 6. The van der Waals surface area contributed by atoms with E-state index in [4.69, 9.17) is 18.6 Å². The van der Waals surface area contributed by atoms with Crippen LogP contribution in [-0.4, -0.2) is 18.7 Å². The van der Waals surface area contributed by atoms with Crippen LogP contribution in [-0.2, 0) is 9.53 Å². The maximum atomic E-state index is 13.3. The predicted molar refractivity (Wildman–Crippen MR) is 210 cm³/mol. The van der Waals surface area contributed by atoms with Gasteiger partial charge in [-0.25, -0.2) is 4.79 Å². The van der Waals surface area contributed by atoms with Gasteiger partial charge in [-0.1, -0.05) is 81.5 Å². The molecule has 3 fully saturated rings. The highest BCUT2D eigenvalue weighted by Crippen LogP contribution is 2.67. The molecule has 0 saturated heterocycles. The van der Waals surface area contributed by atoms with Crippen molar-refractivity contribution in [2.45, 2.75) is 118 Å². The van der Waals surface area contributed by atoms with Crippen molar-refractivity contribution in [2.24, 2.45) is 46.3 Å². The number of aryl methyl sites for hydroxylation is 1. The Kier molecular flexibility index (Phi) is 10.7. The van der Waals surface area contributed by atoms with E-state index in [0.717, 1.165) is 59.2 Å². The van der Waals surface area contributed by atoms with Gasteiger partial charge in [0.25, 0.3) is 0 Å². The van der Waals surface area contributed by atoms with Crippen molar-refractivity contribution >= 4 is 32.9 Å². The van der Waals surface area contributed by atoms with E-state index in [1.54, 1.807) is 37.3 Å². The van der Waals surface area contributed by atoms with Gasteiger partial charge in [-0.05, 0) is 135 Å².